The van der Waals surface area contributed by atoms with Crippen molar-refractivity contribution in [3.63, 3.8) is 0 Å². The van der Waals surface area contributed by atoms with Gasteiger partial charge >= 0.3 is 0 Å². The maximum absolute atomic E-state index is 4.73. The predicted octanol–water partition coefficient (Wildman–Crippen LogP) is 3.04. The summed E-state index contributed by atoms with van der Waals surface area (Å²) in [6, 6.07) is 7.16. The minimum absolute atomic E-state index is 0.219. The highest BCUT2D eigenvalue weighted by atomic mass is 15.3. The van der Waals surface area contributed by atoms with E-state index in [4.69, 9.17) is 4.99 Å². The van der Waals surface area contributed by atoms with Crippen molar-refractivity contribution in [1.82, 2.24) is 25.4 Å². The molecule has 1 aliphatic rings. The molecule has 1 heterocycles. The summed E-state index contributed by atoms with van der Waals surface area (Å²) in [6.07, 6.45) is 7.74. The summed E-state index contributed by atoms with van der Waals surface area (Å²) in [5.41, 5.74) is 4.38. The minimum atomic E-state index is 0.219. The second-order valence-corrected chi connectivity index (χ2v) is 7.16. The average Bonchev–Trinajstić information content (AvgIpc) is 3.15. The fourth-order valence-corrected chi connectivity index (χ4v) is 3.64. The first kappa shape index (κ1) is 19.4. The third-order valence-corrected chi connectivity index (χ3v) is 5.19. The first-order valence-electron chi connectivity index (χ1n) is 10.2. The Bertz CT molecular complexity index is 764. The van der Waals surface area contributed by atoms with Crippen LogP contribution in [0.15, 0.2) is 29.5 Å². The van der Waals surface area contributed by atoms with Gasteiger partial charge in [0.15, 0.2) is 5.96 Å². The quantitative estimate of drug-likeness (QED) is 0.582. The summed E-state index contributed by atoms with van der Waals surface area (Å²) in [4.78, 5) is 4.73. The Labute approximate surface area is 162 Å². The highest BCUT2D eigenvalue weighted by Crippen LogP contribution is 2.24. The van der Waals surface area contributed by atoms with Gasteiger partial charge in [-0.05, 0) is 56.2 Å². The third-order valence-electron chi connectivity index (χ3n) is 5.19. The molecule has 146 valence electrons. The standard InChI is InChI=1S/C21H32N6/c1-4-20-26-24-15-27(20)13-12-23-21(22-5-2)25-16(3)18-11-10-17-8-6-7-9-19(17)14-18/h10-11,14-16H,4-9,12-13H2,1-3H3,(H2,22,23,25). The Morgan fingerprint density at radius 2 is 2.04 bits per heavy atom. The summed E-state index contributed by atoms with van der Waals surface area (Å²) in [5.74, 6) is 1.86. The van der Waals surface area contributed by atoms with E-state index in [0.29, 0.717) is 6.54 Å². The second-order valence-electron chi connectivity index (χ2n) is 7.16. The Balaban J connectivity index is 1.62. The van der Waals surface area contributed by atoms with Crippen LogP contribution in [0.2, 0.25) is 0 Å². The normalized spacial score (nSPS) is 15.3. The lowest BCUT2D eigenvalue weighted by Gasteiger charge is -2.21. The SMILES string of the molecule is CCNC(=NCCn1cnnc1CC)NC(C)c1ccc2c(c1)CCCC2. The Morgan fingerprint density at radius 3 is 2.81 bits per heavy atom. The highest BCUT2D eigenvalue weighted by molar-refractivity contribution is 5.80. The number of nitrogens with zero attached hydrogens (tertiary/aromatic N) is 4. The van der Waals surface area contributed by atoms with Crippen LogP contribution >= 0.6 is 0 Å². The molecule has 1 aromatic heterocycles. The zero-order valence-electron chi connectivity index (χ0n) is 16.8. The molecule has 6 nitrogen and oxygen atoms in total. The van der Waals surface area contributed by atoms with Crippen LogP contribution in [0, 0.1) is 0 Å². The molecule has 0 fully saturated rings. The van der Waals surface area contributed by atoms with E-state index in [1.807, 2.05) is 0 Å². The monoisotopic (exact) mass is 368 g/mol. The number of nitrogens with one attached hydrogen (secondary N) is 2. The first-order chi connectivity index (χ1) is 13.2. The molecule has 1 unspecified atom stereocenters. The zero-order chi connectivity index (χ0) is 19.1. The second kappa shape index (κ2) is 9.53. The number of rotatable bonds is 7. The van der Waals surface area contributed by atoms with Crippen molar-refractivity contribution in [2.45, 2.75) is 65.5 Å². The molecule has 0 spiro atoms. The van der Waals surface area contributed by atoms with Crippen LogP contribution in [-0.2, 0) is 25.8 Å². The fourth-order valence-electron chi connectivity index (χ4n) is 3.64. The van der Waals surface area contributed by atoms with Crippen LogP contribution in [-0.4, -0.2) is 33.8 Å². The summed E-state index contributed by atoms with van der Waals surface area (Å²) >= 11 is 0. The van der Waals surface area contributed by atoms with Crippen molar-refractivity contribution in [3.8, 4) is 0 Å². The lowest BCUT2D eigenvalue weighted by Crippen LogP contribution is -2.39. The number of hydrogen-bond acceptors (Lipinski definition) is 3. The van der Waals surface area contributed by atoms with Crippen molar-refractivity contribution in [2.75, 3.05) is 13.1 Å². The van der Waals surface area contributed by atoms with E-state index in [1.54, 1.807) is 6.33 Å². The molecule has 3 rings (SSSR count). The Kier molecular flexibility index (Phi) is 6.85. The molecule has 0 amide bonds. The van der Waals surface area contributed by atoms with Gasteiger partial charge in [-0.25, -0.2) is 0 Å². The van der Waals surface area contributed by atoms with E-state index in [9.17, 15) is 0 Å². The molecule has 0 saturated heterocycles. The number of hydrogen-bond donors (Lipinski definition) is 2. The van der Waals surface area contributed by atoms with E-state index in [0.717, 1.165) is 31.3 Å². The number of guanidine groups is 1. The number of fused-ring (bicyclic) bond motifs is 1. The van der Waals surface area contributed by atoms with Crippen molar-refractivity contribution in [1.29, 1.82) is 0 Å². The molecule has 2 N–H and O–H groups in total. The van der Waals surface area contributed by atoms with Crippen LogP contribution in [0.1, 0.15) is 62.2 Å². The van der Waals surface area contributed by atoms with E-state index in [1.165, 1.54) is 42.4 Å². The topological polar surface area (TPSA) is 67.1 Å². The van der Waals surface area contributed by atoms with E-state index in [2.05, 4.69) is 64.4 Å². The van der Waals surface area contributed by atoms with Crippen LogP contribution in [0.3, 0.4) is 0 Å². The molecule has 0 aliphatic heterocycles. The number of aromatic nitrogens is 3. The molecule has 0 bridgehead atoms. The lowest BCUT2D eigenvalue weighted by atomic mass is 9.89. The van der Waals surface area contributed by atoms with Crippen molar-refractivity contribution in [2.24, 2.45) is 4.99 Å². The number of benzene rings is 1. The molecular weight excluding hydrogens is 336 g/mol. The summed E-state index contributed by atoms with van der Waals surface area (Å²) in [7, 11) is 0. The van der Waals surface area contributed by atoms with E-state index in [-0.39, 0.29) is 6.04 Å². The van der Waals surface area contributed by atoms with Gasteiger partial charge in [0.1, 0.15) is 12.2 Å². The van der Waals surface area contributed by atoms with Gasteiger partial charge < -0.3 is 15.2 Å². The zero-order valence-corrected chi connectivity index (χ0v) is 16.8. The highest BCUT2D eigenvalue weighted by Gasteiger charge is 2.13. The van der Waals surface area contributed by atoms with E-state index < -0.39 is 0 Å². The fraction of sp³-hybridized carbons (Fsp3) is 0.571. The predicted molar refractivity (Wildman–Crippen MR) is 110 cm³/mol. The van der Waals surface area contributed by atoms with Gasteiger partial charge in [-0.15, -0.1) is 10.2 Å². The molecule has 2 aromatic rings. The van der Waals surface area contributed by atoms with Crippen LogP contribution in [0.4, 0.5) is 0 Å². The molecule has 27 heavy (non-hydrogen) atoms. The van der Waals surface area contributed by atoms with Gasteiger partial charge in [0, 0.05) is 19.5 Å². The maximum atomic E-state index is 4.73. The Hall–Kier alpha value is -2.37. The summed E-state index contributed by atoms with van der Waals surface area (Å²) < 4.78 is 2.07. The van der Waals surface area contributed by atoms with Gasteiger partial charge in [-0.1, -0.05) is 25.1 Å². The lowest BCUT2D eigenvalue weighted by molar-refractivity contribution is 0.646. The van der Waals surface area contributed by atoms with Crippen molar-refractivity contribution >= 4 is 5.96 Å². The minimum Gasteiger partial charge on any atom is -0.357 e. The molecule has 1 atom stereocenters. The van der Waals surface area contributed by atoms with Crippen molar-refractivity contribution in [3.05, 3.63) is 47.0 Å². The molecular formula is C21H32N6. The van der Waals surface area contributed by atoms with E-state index >= 15 is 0 Å². The Morgan fingerprint density at radius 1 is 1.22 bits per heavy atom. The third kappa shape index (κ3) is 5.08. The van der Waals surface area contributed by atoms with Gasteiger partial charge in [0.05, 0.1) is 12.6 Å². The number of aliphatic imine (C=N–C) groups is 1. The van der Waals surface area contributed by atoms with Crippen LogP contribution < -0.4 is 10.6 Å². The molecule has 0 saturated carbocycles. The van der Waals surface area contributed by atoms with Crippen LogP contribution in [0.5, 0.6) is 0 Å². The first-order valence-corrected chi connectivity index (χ1v) is 10.2. The molecule has 6 heteroatoms. The summed E-state index contributed by atoms with van der Waals surface area (Å²) in [5, 5.41) is 15.0. The van der Waals surface area contributed by atoms with Gasteiger partial charge in [-0.2, -0.15) is 0 Å². The maximum Gasteiger partial charge on any atom is 0.191 e. The average molecular weight is 369 g/mol. The van der Waals surface area contributed by atoms with Crippen molar-refractivity contribution < 1.29 is 0 Å². The molecule has 1 aromatic carbocycles. The summed E-state index contributed by atoms with van der Waals surface area (Å²) in [6.45, 7) is 8.71. The van der Waals surface area contributed by atoms with Gasteiger partial charge in [0.2, 0.25) is 0 Å². The van der Waals surface area contributed by atoms with Gasteiger partial charge in [-0.3, -0.25) is 4.99 Å². The largest absolute Gasteiger partial charge is 0.357 e. The smallest absolute Gasteiger partial charge is 0.191 e. The molecule has 0 radical (unpaired) electrons. The van der Waals surface area contributed by atoms with Crippen LogP contribution in [0.25, 0.3) is 0 Å². The molecule has 1 aliphatic carbocycles. The van der Waals surface area contributed by atoms with Gasteiger partial charge in [0.25, 0.3) is 0 Å². The number of aryl methyl sites for hydroxylation is 3.